The normalized spacial score (nSPS) is 15.7. The van der Waals surface area contributed by atoms with Crippen molar-refractivity contribution in [2.75, 3.05) is 6.61 Å². The minimum Gasteiger partial charge on any atom is -0.466 e. The summed E-state index contributed by atoms with van der Waals surface area (Å²) in [6.07, 6.45) is 4.86. The maximum absolute atomic E-state index is 11.4. The number of carbonyl (C=O) groups excluding carboxylic acids is 1. The molecule has 0 aromatic rings. The van der Waals surface area contributed by atoms with Gasteiger partial charge in [-0.2, -0.15) is 0 Å². The van der Waals surface area contributed by atoms with Crippen LogP contribution >= 0.6 is 0 Å². The van der Waals surface area contributed by atoms with Crippen LogP contribution in [0.5, 0.6) is 0 Å². The van der Waals surface area contributed by atoms with Crippen molar-refractivity contribution in [1.29, 1.82) is 0 Å². The monoisotopic (exact) mass is 184 g/mol. The van der Waals surface area contributed by atoms with Gasteiger partial charge in [0.15, 0.2) is 0 Å². The van der Waals surface area contributed by atoms with E-state index in [2.05, 4.69) is 0 Å². The largest absolute Gasteiger partial charge is 0.466 e. The molecule has 0 aliphatic heterocycles. The van der Waals surface area contributed by atoms with Gasteiger partial charge >= 0.3 is 5.97 Å². The zero-order valence-electron chi connectivity index (χ0n) is 9.04. The van der Waals surface area contributed by atoms with Crippen molar-refractivity contribution >= 4 is 5.97 Å². The lowest BCUT2D eigenvalue weighted by Crippen LogP contribution is -2.22. The fourth-order valence-corrected chi connectivity index (χ4v) is 1.44. The maximum atomic E-state index is 11.4. The summed E-state index contributed by atoms with van der Waals surface area (Å²) in [6.45, 7) is 8.34. The fraction of sp³-hybridized carbons (Fsp3) is 0.727. The van der Waals surface area contributed by atoms with Crippen LogP contribution in [0, 0.1) is 11.8 Å². The van der Waals surface area contributed by atoms with E-state index in [1.165, 1.54) is 0 Å². The topological polar surface area (TPSA) is 26.3 Å². The van der Waals surface area contributed by atoms with Crippen LogP contribution in [0.25, 0.3) is 0 Å². The zero-order valence-corrected chi connectivity index (χ0v) is 9.04. The molecule has 0 unspecified atom stereocenters. The molecule has 0 saturated heterocycles. The van der Waals surface area contributed by atoms with Crippen molar-refractivity contribution in [2.45, 2.75) is 34.1 Å². The molecule has 0 N–H and O–H groups in total. The van der Waals surface area contributed by atoms with E-state index in [0.717, 1.165) is 6.42 Å². The van der Waals surface area contributed by atoms with Gasteiger partial charge in [-0.25, -0.2) is 0 Å². The number of ether oxygens (including phenoxy) is 1. The van der Waals surface area contributed by atoms with E-state index >= 15 is 0 Å². The Bertz CT molecular complexity index is 173. The van der Waals surface area contributed by atoms with Crippen molar-refractivity contribution in [3.05, 3.63) is 12.2 Å². The highest BCUT2D eigenvalue weighted by Crippen LogP contribution is 2.18. The summed E-state index contributed by atoms with van der Waals surface area (Å²) in [7, 11) is 0. The van der Waals surface area contributed by atoms with Gasteiger partial charge in [0, 0.05) is 0 Å². The van der Waals surface area contributed by atoms with Gasteiger partial charge < -0.3 is 4.74 Å². The third-order valence-electron chi connectivity index (χ3n) is 2.16. The van der Waals surface area contributed by atoms with Gasteiger partial charge in [-0.1, -0.05) is 26.0 Å². The highest BCUT2D eigenvalue weighted by Gasteiger charge is 2.22. The molecular weight excluding hydrogens is 164 g/mol. The molecule has 0 heterocycles. The molecule has 0 saturated carbocycles. The van der Waals surface area contributed by atoms with Crippen LogP contribution in [0.2, 0.25) is 0 Å². The molecule has 0 rings (SSSR count). The Balaban J connectivity index is 4.22. The third kappa shape index (κ3) is 4.11. The first kappa shape index (κ1) is 12.2. The first-order chi connectivity index (χ1) is 6.17. The summed E-state index contributed by atoms with van der Waals surface area (Å²) in [5, 5.41) is 0. The van der Waals surface area contributed by atoms with E-state index in [1.807, 2.05) is 39.8 Å². The highest BCUT2D eigenvalue weighted by molar-refractivity contribution is 5.72. The van der Waals surface area contributed by atoms with Crippen LogP contribution in [0.15, 0.2) is 12.2 Å². The van der Waals surface area contributed by atoms with Crippen molar-refractivity contribution in [1.82, 2.24) is 0 Å². The molecule has 0 fully saturated rings. The molecule has 0 aliphatic rings. The molecule has 2 nitrogen and oxygen atoms in total. The minimum absolute atomic E-state index is 0.0103. The fourth-order valence-electron chi connectivity index (χ4n) is 1.44. The van der Waals surface area contributed by atoms with E-state index < -0.39 is 0 Å². The Labute approximate surface area is 81.0 Å². The second kappa shape index (κ2) is 6.70. The molecule has 0 radical (unpaired) electrons. The van der Waals surface area contributed by atoms with Crippen LogP contribution in [0.1, 0.15) is 34.1 Å². The Morgan fingerprint density at radius 1 is 1.46 bits per heavy atom. The maximum Gasteiger partial charge on any atom is 0.309 e. The summed E-state index contributed by atoms with van der Waals surface area (Å²) in [5.41, 5.74) is 0. The van der Waals surface area contributed by atoms with Crippen molar-refractivity contribution in [2.24, 2.45) is 11.8 Å². The van der Waals surface area contributed by atoms with Crippen LogP contribution in [-0.2, 0) is 9.53 Å². The number of rotatable bonds is 5. The SMILES string of the molecule is C/C=C/[C@H](C)[C@@H](CC)C(=O)OCC. The quantitative estimate of drug-likeness (QED) is 0.485. The van der Waals surface area contributed by atoms with Crippen LogP contribution < -0.4 is 0 Å². The number of carbonyl (C=O) groups is 1. The Morgan fingerprint density at radius 2 is 2.08 bits per heavy atom. The average Bonchev–Trinajstić information content (AvgIpc) is 2.06. The summed E-state index contributed by atoms with van der Waals surface area (Å²) in [6, 6.07) is 0. The van der Waals surface area contributed by atoms with Crippen LogP contribution in [0.3, 0.4) is 0 Å². The third-order valence-corrected chi connectivity index (χ3v) is 2.16. The van der Waals surface area contributed by atoms with Crippen molar-refractivity contribution in [3.63, 3.8) is 0 Å². The lowest BCUT2D eigenvalue weighted by atomic mass is 9.91. The summed E-state index contributed by atoms with van der Waals surface area (Å²) in [4.78, 5) is 11.4. The summed E-state index contributed by atoms with van der Waals surface area (Å²) >= 11 is 0. The van der Waals surface area contributed by atoms with Crippen molar-refractivity contribution < 1.29 is 9.53 Å². The van der Waals surface area contributed by atoms with Gasteiger partial charge in [0.2, 0.25) is 0 Å². The molecule has 0 bridgehead atoms. The molecule has 76 valence electrons. The van der Waals surface area contributed by atoms with Gasteiger partial charge in [0.25, 0.3) is 0 Å². The zero-order chi connectivity index (χ0) is 10.3. The second-order valence-electron chi connectivity index (χ2n) is 3.15. The van der Waals surface area contributed by atoms with E-state index in [9.17, 15) is 4.79 Å². The van der Waals surface area contributed by atoms with Gasteiger partial charge in [0.05, 0.1) is 12.5 Å². The molecular formula is C11H20O2. The molecule has 0 aliphatic carbocycles. The average molecular weight is 184 g/mol. The number of allylic oxidation sites excluding steroid dienone is 2. The first-order valence-corrected chi connectivity index (χ1v) is 4.96. The lowest BCUT2D eigenvalue weighted by molar-refractivity contribution is -0.149. The van der Waals surface area contributed by atoms with Crippen molar-refractivity contribution in [3.8, 4) is 0 Å². The minimum atomic E-state index is -0.0735. The Kier molecular flexibility index (Phi) is 6.29. The molecule has 0 amide bonds. The predicted molar refractivity (Wildman–Crippen MR) is 54.4 cm³/mol. The lowest BCUT2D eigenvalue weighted by Gasteiger charge is -2.17. The molecule has 2 heteroatoms. The Morgan fingerprint density at radius 3 is 2.46 bits per heavy atom. The van der Waals surface area contributed by atoms with E-state index in [1.54, 1.807) is 0 Å². The standard InChI is InChI=1S/C11H20O2/c1-5-8-9(4)10(6-2)11(12)13-7-3/h5,8-10H,6-7H2,1-4H3/b8-5+/t9-,10+/m0/s1. The smallest absolute Gasteiger partial charge is 0.309 e. The molecule has 2 atom stereocenters. The second-order valence-corrected chi connectivity index (χ2v) is 3.15. The van der Waals surface area contributed by atoms with Crippen LogP contribution in [0.4, 0.5) is 0 Å². The van der Waals surface area contributed by atoms with Crippen LogP contribution in [-0.4, -0.2) is 12.6 Å². The number of esters is 1. The highest BCUT2D eigenvalue weighted by atomic mass is 16.5. The molecule has 0 aromatic heterocycles. The van der Waals surface area contributed by atoms with E-state index in [0.29, 0.717) is 6.61 Å². The Hall–Kier alpha value is -0.790. The molecule has 0 aromatic carbocycles. The van der Waals surface area contributed by atoms with Gasteiger partial charge in [0.1, 0.15) is 0 Å². The van der Waals surface area contributed by atoms with Gasteiger partial charge in [-0.05, 0) is 26.2 Å². The summed E-state index contributed by atoms with van der Waals surface area (Å²) < 4.78 is 4.99. The predicted octanol–water partition coefficient (Wildman–Crippen LogP) is 2.79. The number of hydrogen-bond donors (Lipinski definition) is 0. The first-order valence-electron chi connectivity index (χ1n) is 4.96. The molecule has 0 spiro atoms. The molecule has 13 heavy (non-hydrogen) atoms. The van der Waals surface area contributed by atoms with Gasteiger partial charge in [-0.3, -0.25) is 4.79 Å². The van der Waals surface area contributed by atoms with E-state index in [4.69, 9.17) is 4.74 Å². The number of hydrogen-bond acceptors (Lipinski definition) is 2. The summed E-state index contributed by atoms with van der Waals surface area (Å²) in [5.74, 6) is 0.209. The van der Waals surface area contributed by atoms with E-state index in [-0.39, 0.29) is 17.8 Å². The van der Waals surface area contributed by atoms with Gasteiger partial charge in [-0.15, -0.1) is 0 Å².